The van der Waals surface area contributed by atoms with Crippen LogP contribution < -0.4 is 5.32 Å². The molecule has 1 aromatic heterocycles. The summed E-state index contributed by atoms with van der Waals surface area (Å²) in [5, 5.41) is 3.05. The van der Waals surface area contributed by atoms with E-state index in [1.165, 1.54) is 6.20 Å². The van der Waals surface area contributed by atoms with Gasteiger partial charge in [-0.25, -0.2) is 9.37 Å². The van der Waals surface area contributed by atoms with E-state index in [1.54, 1.807) is 0 Å². The number of benzene rings is 1. The predicted molar refractivity (Wildman–Crippen MR) is 68.9 cm³/mol. The maximum Gasteiger partial charge on any atom is 0.416 e. The van der Waals surface area contributed by atoms with E-state index in [-0.39, 0.29) is 23.3 Å². The summed E-state index contributed by atoms with van der Waals surface area (Å²) < 4.78 is 56.9. The maximum atomic E-state index is 13.7. The molecular weight excluding hydrogens is 288 g/mol. The molecule has 0 unspecified atom stereocenters. The summed E-state index contributed by atoms with van der Waals surface area (Å²) >= 11 is 0. The van der Waals surface area contributed by atoms with Crippen molar-refractivity contribution in [1.29, 1.82) is 0 Å². The molecule has 0 atom stereocenters. The summed E-state index contributed by atoms with van der Waals surface area (Å²) in [7, 11) is 0. The molecule has 1 N–H and O–H groups in total. The van der Waals surface area contributed by atoms with Crippen LogP contribution in [0.1, 0.15) is 25.3 Å². The normalized spacial score (nSPS) is 12.1. The van der Waals surface area contributed by atoms with Crippen LogP contribution in [-0.4, -0.2) is 11.0 Å². The Morgan fingerprint density at radius 1 is 1.29 bits per heavy atom. The Labute approximate surface area is 119 Å². The summed E-state index contributed by atoms with van der Waals surface area (Å²) in [6.07, 6.45) is -3.32. The zero-order chi connectivity index (χ0) is 15.6. The first-order valence-corrected chi connectivity index (χ1v) is 6.32. The first kappa shape index (κ1) is 15.5. The highest BCUT2D eigenvalue weighted by molar-refractivity contribution is 5.58. The average Bonchev–Trinajstić information content (AvgIpc) is 2.84. The van der Waals surface area contributed by atoms with E-state index in [2.05, 4.69) is 10.3 Å². The lowest BCUT2D eigenvalue weighted by Gasteiger charge is -2.08. The summed E-state index contributed by atoms with van der Waals surface area (Å²) in [5.74, 6) is -0.530. The Morgan fingerprint density at radius 3 is 2.62 bits per heavy atom. The van der Waals surface area contributed by atoms with Crippen LogP contribution in [0.3, 0.4) is 0 Å². The van der Waals surface area contributed by atoms with Gasteiger partial charge < -0.3 is 9.73 Å². The van der Waals surface area contributed by atoms with Gasteiger partial charge in [0.15, 0.2) is 5.76 Å². The number of hydrogen-bond donors (Lipinski definition) is 1. The molecule has 1 heterocycles. The molecule has 0 radical (unpaired) electrons. The maximum absolute atomic E-state index is 13.7. The van der Waals surface area contributed by atoms with Crippen molar-refractivity contribution < 1.29 is 22.0 Å². The van der Waals surface area contributed by atoms with Gasteiger partial charge in [0.05, 0.1) is 23.9 Å². The number of rotatable bonds is 4. The second-order valence-electron chi connectivity index (χ2n) is 4.85. The van der Waals surface area contributed by atoms with Gasteiger partial charge >= 0.3 is 6.18 Å². The molecule has 2 aromatic rings. The van der Waals surface area contributed by atoms with E-state index >= 15 is 0 Å². The van der Waals surface area contributed by atoms with Gasteiger partial charge in [-0.2, -0.15) is 13.2 Å². The van der Waals surface area contributed by atoms with E-state index in [0.717, 1.165) is 12.1 Å². The number of nitrogens with zero attached hydrogens (tertiary/aromatic N) is 1. The van der Waals surface area contributed by atoms with Gasteiger partial charge in [-0.05, 0) is 18.2 Å². The average molecular weight is 302 g/mol. The van der Waals surface area contributed by atoms with Crippen molar-refractivity contribution in [2.45, 2.75) is 32.6 Å². The van der Waals surface area contributed by atoms with Crippen LogP contribution in [0, 0.1) is 5.82 Å². The Balaban J connectivity index is 2.29. The highest BCUT2D eigenvalue weighted by atomic mass is 19.4. The zero-order valence-corrected chi connectivity index (χ0v) is 11.5. The van der Waals surface area contributed by atoms with Crippen molar-refractivity contribution in [2.24, 2.45) is 0 Å². The quantitative estimate of drug-likeness (QED) is 0.868. The third-order valence-electron chi connectivity index (χ3n) is 2.77. The monoisotopic (exact) mass is 302 g/mol. The minimum absolute atomic E-state index is 0.0286. The molecule has 0 bridgehead atoms. The summed E-state index contributed by atoms with van der Waals surface area (Å²) in [5.41, 5.74) is -1.19. The van der Waals surface area contributed by atoms with E-state index in [9.17, 15) is 17.6 Å². The summed E-state index contributed by atoms with van der Waals surface area (Å²) in [6.45, 7) is 4.17. The third kappa shape index (κ3) is 3.81. The van der Waals surface area contributed by atoms with Crippen molar-refractivity contribution in [3.63, 3.8) is 0 Å². The molecule has 0 aliphatic heterocycles. The van der Waals surface area contributed by atoms with Gasteiger partial charge in [0, 0.05) is 6.04 Å². The number of hydrogen-bond acceptors (Lipinski definition) is 3. The minimum Gasteiger partial charge on any atom is -0.439 e. The van der Waals surface area contributed by atoms with Crippen molar-refractivity contribution in [3.8, 4) is 11.3 Å². The van der Waals surface area contributed by atoms with Gasteiger partial charge in [-0.1, -0.05) is 13.8 Å². The van der Waals surface area contributed by atoms with Crippen LogP contribution in [0.2, 0.25) is 0 Å². The van der Waals surface area contributed by atoms with Crippen LogP contribution in [-0.2, 0) is 12.7 Å². The molecule has 114 valence electrons. The predicted octanol–water partition coefficient (Wildman–Crippen LogP) is 4.00. The van der Waals surface area contributed by atoms with Crippen LogP contribution in [0.15, 0.2) is 28.8 Å². The van der Waals surface area contributed by atoms with Crippen LogP contribution in [0.4, 0.5) is 17.6 Å². The lowest BCUT2D eigenvalue weighted by atomic mass is 10.1. The standard InChI is InChI=1S/C14H14F4N2O/c1-8(2)19-7-13-20-6-12(21-13)10-5-9(14(16,17)18)3-4-11(10)15/h3-6,8,19H,7H2,1-2H3. The third-order valence-corrected chi connectivity index (χ3v) is 2.77. The number of nitrogens with one attached hydrogen (secondary N) is 1. The largest absolute Gasteiger partial charge is 0.439 e. The fraction of sp³-hybridized carbons (Fsp3) is 0.357. The topological polar surface area (TPSA) is 38.1 Å². The smallest absolute Gasteiger partial charge is 0.416 e. The van der Waals surface area contributed by atoms with Crippen molar-refractivity contribution in [3.05, 3.63) is 41.7 Å². The van der Waals surface area contributed by atoms with Crippen molar-refractivity contribution in [2.75, 3.05) is 0 Å². The second-order valence-corrected chi connectivity index (χ2v) is 4.85. The number of halogens is 4. The van der Waals surface area contributed by atoms with Crippen LogP contribution in [0.5, 0.6) is 0 Å². The number of aromatic nitrogens is 1. The molecule has 0 fully saturated rings. The fourth-order valence-corrected chi connectivity index (χ4v) is 1.70. The van der Waals surface area contributed by atoms with E-state index in [0.29, 0.717) is 12.6 Å². The molecule has 0 saturated heterocycles. The molecule has 3 nitrogen and oxygen atoms in total. The molecule has 0 saturated carbocycles. The lowest BCUT2D eigenvalue weighted by Crippen LogP contribution is -2.21. The van der Waals surface area contributed by atoms with Gasteiger partial charge in [0.2, 0.25) is 5.89 Å². The number of oxazole rings is 1. The molecule has 21 heavy (non-hydrogen) atoms. The Morgan fingerprint density at radius 2 is 2.00 bits per heavy atom. The summed E-state index contributed by atoms with van der Waals surface area (Å²) in [4.78, 5) is 3.92. The Bertz CT molecular complexity index is 620. The molecule has 0 aliphatic rings. The van der Waals surface area contributed by atoms with Gasteiger partial charge in [-0.15, -0.1) is 0 Å². The fourth-order valence-electron chi connectivity index (χ4n) is 1.70. The van der Waals surface area contributed by atoms with Crippen molar-refractivity contribution in [1.82, 2.24) is 10.3 Å². The highest BCUT2D eigenvalue weighted by Gasteiger charge is 2.31. The summed E-state index contributed by atoms with van der Waals surface area (Å²) in [6, 6.07) is 2.38. The Hall–Kier alpha value is -1.89. The molecule has 2 rings (SSSR count). The van der Waals surface area contributed by atoms with Gasteiger partial charge in [0.1, 0.15) is 5.82 Å². The van der Waals surface area contributed by atoms with Gasteiger partial charge in [0.25, 0.3) is 0 Å². The lowest BCUT2D eigenvalue weighted by molar-refractivity contribution is -0.137. The number of alkyl halides is 3. The Kier molecular flexibility index (Phi) is 4.32. The molecule has 7 heteroatoms. The zero-order valence-electron chi connectivity index (χ0n) is 11.5. The van der Waals surface area contributed by atoms with Crippen LogP contribution in [0.25, 0.3) is 11.3 Å². The minimum atomic E-state index is -4.54. The molecule has 0 amide bonds. The van der Waals surface area contributed by atoms with Crippen molar-refractivity contribution >= 4 is 0 Å². The second kappa shape index (κ2) is 5.85. The SMILES string of the molecule is CC(C)NCc1ncc(-c2cc(C(F)(F)F)ccc2F)o1. The van der Waals surface area contributed by atoms with Crippen LogP contribution >= 0.6 is 0 Å². The molecule has 1 aromatic carbocycles. The van der Waals surface area contributed by atoms with E-state index < -0.39 is 17.6 Å². The first-order valence-electron chi connectivity index (χ1n) is 6.32. The molecule has 0 aliphatic carbocycles. The highest BCUT2D eigenvalue weighted by Crippen LogP contribution is 2.33. The first-order chi connectivity index (χ1) is 9.77. The molecule has 0 spiro atoms. The van der Waals surface area contributed by atoms with Gasteiger partial charge in [-0.3, -0.25) is 0 Å². The van der Waals surface area contributed by atoms with E-state index in [1.807, 2.05) is 13.8 Å². The molecular formula is C14H14F4N2O. The van der Waals surface area contributed by atoms with E-state index in [4.69, 9.17) is 4.42 Å².